The lowest BCUT2D eigenvalue weighted by Crippen LogP contribution is -2.21. The molecule has 0 rings (SSSR count). The topological polar surface area (TPSA) is 58.9 Å². The van der Waals surface area contributed by atoms with Gasteiger partial charge in [0.15, 0.2) is 0 Å². The highest BCUT2D eigenvalue weighted by atomic mass is 17.1. The Labute approximate surface area is 149 Å². The maximum Gasteiger partial charge on any atom is 0.149 e. The summed E-state index contributed by atoms with van der Waals surface area (Å²) in [5, 5.41) is 17.2. The minimum absolute atomic E-state index is 0.169. The van der Waals surface area contributed by atoms with Crippen LogP contribution >= 0.6 is 0 Å². The summed E-state index contributed by atoms with van der Waals surface area (Å²) in [6, 6.07) is 0. The third-order valence-electron chi connectivity index (χ3n) is 4.30. The number of ether oxygens (including phenoxy) is 1. The number of hydrogen-bond acceptors (Lipinski definition) is 4. The molecular formula is C20H40O4. The molecule has 0 aliphatic heterocycles. The molecule has 0 aromatic rings. The van der Waals surface area contributed by atoms with E-state index in [0.717, 1.165) is 6.42 Å². The predicted molar refractivity (Wildman–Crippen MR) is 100.0 cm³/mol. The van der Waals surface area contributed by atoms with Gasteiger partial charge in [-0.3, -0.25) is 5.26 Å². The molecule has 0 aromatic heterocycles. The quantitative estimate of drug-likeness (QED) is 0.134. The minimum atomic E-state index is -0.661. The zero-order valence-electron chi connectivity index (χ0n) is 15.8. The highest BCUT2D eigenvalue weighted by molar-refractivity contribution is 4.73. The average Bonchev–Trinajstić information content (AvgIpc) is 2.61. The molecule has 4 nitrogen and oxygen atoms in total. The van der Waals surface area contributed by atoms with E-state index < -0.39 is 6.10 Å². The van der Waals surface area contributed by atoms with Crippen molar-refractivity contribution in [3.05, 3.63) is 12.3 Å². The number of hydrogen-bond donors (Lipinski definition) is 2. The Morgan fingerprint density at radius 2 is 1.29 bits per heavy atom. The molecule has 144 valence electrons. The van der Waals surface area contributed by atoms with E-state index in [1.54, 1.807) is 6.26 Å². The maximum atomic E-state index is 8.77. The van der Waals surface area contributed by atoms with E-state index in [1.165, 1.54) is 83.5 Å². The molecule has 0 bridgehead atoms. The van der Waals surface area contributed by atoms with Gasteiger partial charge in [-0.15, -0.1) is 0 Å². The van der Waals surface area contributed by atoms with Gasteiger partial charge in [-0.2, -0.15) is 0 Å². The van der Waals surface area contributed by atoms with Gasteiger partial charge in [-0.1, -0.05) is 84.0 Å². The number of allylic oxidation sites excluding steroid dienone is 1. The lowest BCUT2D eigenvalue weighted by atomic mass is 10.0. The molecule has 0 heterocycles. The number of unbranched alkanes of at least 4 members (excludes halogenated alkanes) is 13. The lowest BCUT2D eigenvalue weighted by molar-refractivity contribution is -0.290. The molecule has 0 aromatic carbocycles. The van der Waals surface area contributed by atoms with E-state index in [9.17, 15) is 0 Å². The second-order valence-corrected chi connectivity index (χ2v) is 6.65. The number of aliphatic hydroxyl groups excluding tert-OH is 1. The van der Waals surface area contributed by atoms with Gasteiger partial charge < -0.3 is 9.84 Å². The molecule has 0 fully saturated rings. The zero-order valence-corrected chi connectivity index (χ0v) is 15.8. The van der Waals surface area contributed by atoms with E-state index in [0.29, 0.717) is 0 Å². The first-order chi connectivity index (χ1) is 11.8. The summed E-state index contributed by atoms with van der Waals surface area (Å²) < 4.78 is 5.17. The largest absolute Gasteiger partial charge is 0.499 e. The van der Waals surface area contributed by atoms with Crippen LogP contribution in [0.3, 0.4) is 0 Å². The van der Waals surface area contributed by atoms with Gasteiger partial charge >= 0.3 is 0 Å². The van der Waals surface area contributed by atoms with Crippen LogP contribution in [-0.4, -0.2) is 29.7 Å². The fourth-order valence-corrected chi connectivity index (χ4v) is 2.70. The second-order valence-electron chi connectivity index (χ2n) is 6.65. The third-order valence-corrected chi connectivity index (χ3v) is 4.30. The molecule has 1 atom stereocenters. The van der Waals surface area contributed by atoms with Gasteiger partial charge in [0.25, 0.3) is 0 Å². The number of aliphatic hydroxyl groups is 1. The first kappa shape index (κ1) is 23.4. The molecule has 0 spiro atoms. The van der Waals surface area contributed by atoms with Crippen molar-refractivity contribution in [3.8, 4) is 0 Å². The predicted octanol–water partition coefficient (Wildman–Crippen LogP) is 5.85. The molecule has 0 aliphatic carbocycles. The van der Waals surface area contributed by atoms with Gasteiger partial charge in [0, 0.05) is 0 Å². The van der Waals surface area contributed by atoms with Crippen molar-refractivity contribution >= 4 is 0 Å². The van der Waals surface area contributed by atoms with Crippen molar-refractivity contribution in [1.82, 2.24) is 0 Å². The summed E-state index contributed by atoms with van der Waals surface area (Å²) in [5.74, 6) is 0. The number of rotatable bonds is 19. The molecular weight excluding hydrogens is 304 g/mol. The molecule has 0 saturated carbocycles. The van der Waals surface area contributed by atoms with E-state index >= 15 is 0 Å². The van der Waals surface area contributed by atoms with Crippen molar-refractivity contribution in [3.63, 3.8) is 0 Å². The summed E-state index contributed by atoms with van der Waals surface area (Å²) in [6.07, 6.45) is 21.8. The fraction of sp³-hybridized carbons (Fsp3) is 0.900. The lowest BCUT2D eigenvalue weighted by Gasteiger charge is -2.08. The van der Waals surface area contributed by atoms with Crippen molar-refractivity contribution < 1.29 is 20.0 Å². The second kappa shape index (κ2) is 20.5. The van der Waals surface area contributed by atoms with Crippen LogP contribution in [0, 0.1) is 0 Å². The summed E-state index contributed by atoms with van der Waals surface area (Å²) in [6.45, 7) is 2.19. The summed E-state index contributed by atoms with van der Waals surface area (Å²) in [7, 11) is 0. The van der Waals surface area contributed by atoms with Gasteiger partial charge in [-0.25, -0.2) is 4.89 Å². The molecule has 0 aliphatic rings. The highest BCUT2D eigenvalue weighted by Crippen LogP contribution is 2.13. The van der Waals surface area contributed by atoms with Gasteiger partial charge in [0.1, 0.15) is 12.7 Å². The summed E-state index contributed by atoms with van der Waals surface area (Å²) >= 11 is 0. The van der Waals surface area contributed by atoms with Crippen LogP contribution in [0.1, 0.15) is 96.8 Å². The smallest absolute Gasteiger partial charge is 0.149 e. The molecule has 0 saturated heterocycles. The zero-order chi connectivity index (χ0) is 17.7. The Kier molecular flexibility index (Phi) is 20.0. The normalized spacial score (nSPS) is 12.8. The Morgan fingerprint density at radius 1 is 0.792 bits per heavy atom. The third kappa shape index (κ3) is 17.8. The Morgan fingerprint density at radius 3 is 1.75 bits per heavy atom. The van der Waals surface area contributed by atoms with E-state index in [2.05, 4.69) is 11.8 Å². The van der Waals surface area contributed by atoms with Crippen LogP contribution in [0.25, 0.3) is 0 Å². The monoisotopic (exact) mass is 344 g/mol. The molecule has 2 N–H and O–H groups in total. The van der Waals surface area contributed by atoms with Crippen molar-refractivity contribution in [2.24, 2.45) is 0 Å². The highest BCUT2D eigenvalue weighted by Gasteiger charge is 2.05. The van der Waals surface area contributed by atoms with Crippen molar-refractivity contribution in [2.45, 2.75) is 103 Å². The Bertz CT molecular complexity index is 252. The summed E-state index contributed by atoms with van der Waals surface area (Å²) in [4.78, 5) is 4.02. The first-order valence-corrected chi connectivity index (χ1v) is 10.0. The average molecular weight is 345 g/mol. The van der Waals surface area contributed by atoms with Crippen LogP contribution in [-0.2, 0) is 9.62 Å². The van der Waals surface area contributed by atoms with Crippen molar-refractivity contribution in [2.75, 3.05) is 13.2 Å². The van der Waals surface area contributed by atoms with Crippen LogP contribution in [0.5, 0.6) is 0 Å². The SMILES string of the molecule is CCCCCCCCCCCCCCCC=COC[C@H](CO)OO. The Balaban J connectivity index is 3.12. The van der Waals surface area contributed by atoms with Gasteiger partial charge in [0.05, 0.1) is 12.9 Å². The standard InChI is InChI=1S/C20H40O4/c1-2-3-4-5-6-7-8-9-10-11-12-13-14-15-16-17-23-19-20(18-21)24-22/h16-17,20-22H,2-15,18-19H2,1H3/t20-/m0/s1. The van der Waals surface area contributed by atoms with Crippen molar-refractivity contribution in [1.29, 1.82) is 0 Å². The molecule has 24 heavy (non-hydrogen) atoms. The maximum absolute atomic E-state index is 8.77. The van der Waals surface area contributed by atoms with Gasteiger partial charge in [0.2, 0.25) is 0 Å². The minimum Gasteiger partial charge on any atom is -0.499 e. The first-order valence-electron chi connectivity index (χ1n) is 10.0. The molecule has 0 unspecified atom stereocenters. The summed E-state index contributed by atoms with van der Waals surface area (Å²) in [5.41, 5.74) is 0. The van der Waals surface area contributed by atoms with Crippen LogP contribution < -0.4 is 0 Å². The van der Waals surface area contributed by atoms with E-state index in [-0.39, 0.29) is 13.2 Å². The fourth-order valence-electron chi connectivity index (χ4n) is 2.70. The molecule has 0 radical (unpaired) electrons. The Hall–Kier alpha value is -0.580. The van der Waals surface area contributed by atoms with E-state index in [1.807, 2.05) is 6.08 Å². The molecule has 4 heteroatoms. The van der Waals surface area contributed by atoms with Crippen LogP contribution in [0.4, 0.5) is 0 Å². The van der Waals surface area contributed by atoms with Crippen LogP contribution in [0.15, 0.2) is 12.3 Å². The molecule has 0 amide bonds. The van der Waals surface area contributed by atoms with Gasteiger partial charge in [-0.05, 0) is 18.9 Å². The van der Waals surface area contributed by atoms with Crippen LogP contribution in [0.2, 0.25) is 0 Å². The van der Waals surface area contributed by atoms with E-state index in [4.69, 9.17) is 15.1 Å².